The molecule has 0 heterocycles. The second-order valence-corrected chi connectivity index (χ2v) is 7.22. The molecule has 3 heteroatoms. The number of aliphatic carboxylic acids is 1. The highest BCUT2D eigenvalue weighted by atomic mass is 16.4. The monoisotopic (exact) mass is 266 g/mol. The van der Waals surface area contributed by atoms with Gasteiger partial charge in [-0.2, -0.15) is 0 Å². The number of carbonyl (C=O) groups is 1. The van der Waals surface area contributed by atoms with Crippen molar-refractivity contribution < 1.29 is 15.0 Å². The van der Waals surface area contributed by atoms with E-state index in [0.29, 0.717) is 5.92 Å². The molecule has 2 aliphatic rings. The van der Waals surface area contributed by atoms with Crippen molar-refractivity contribution >= 4 is 5.97 Å². The minimum absolute atomic E-state index is 0.000680. The molecule has 1 saturated carbocycles. The predicted octanol–water partition coefficient (Wildman–Crippen LogP) is 3.23. The Balaban J connectivity index is 2.39. The van der Waals surface area contributed by atoms with E-state index in [1.54, 1.807) is 0 Å². The summed E-state index contributed by atoms with van der Waals surface area (Å²) in [7, 11) is 0. The van der Waals surface area contributed by atoms with E-state index in [1.807, 2.05) is 0 Å². The molecule has 0 aliphatic heterocycles. The van der Waals surface area contributed by atoms with Crippen LogP contribution in [0.5, 0.6) is 0 Å². The summed E-state index contributed by atoms with van der Waals surface area (Å²) in [5, 5.41) is 18.8. The van der Waals surface area contributed by atoms with E-state index in [-0.39, 0.29) is 29.8 Å². The fourth-order valence-corrected chi connectivity index (χ4v) is 4.72. The number of carboxylic acids is 1. The number of rotatable bonds is 3. The van der Waals surface area contributed by atoms with Crippen molar-refractivity contribution in [3.05, 3.63) is 11.6 Å². The molecule has 0 aromatic rings. The Morgan fingerprint density at radius 3 is 2.63 bits per heavy atom. The topological polar surface area (TPSA) is 57.5 Å². The van der Waals surface area contributed by atoms with Gasteiger partial charge in [0.05, 0.1) is 13.0 Å². The van der Waals surface area contributed by atoms with Gasteiger partial charge in [0, 0.05) is 0 Å². The quantitative estimate of drug-likeness (QED) is 0.771. The number of hydrogen-bond acceptors (Lipinski definition) is 2. The van der Waals surface area contributed by atoms with Crippen LogP contribution in [-0.4, -0.2) is 22.8 Å². The smallest absolute Gasteiger partial charge is 0.303 e. The minimum atomic E-state index is -0.755. The number of hydrogen-bond donors (Lipinski definition) is 2. The van der Waals surface area contributed by atoms with Crippen molar-refractivity contribution in [2.45, 2.75) is 52.9 Å². The molecule has 3 unspecified atom stereocenters. The molecular formula is C16H26O3. The van der Waals surface area contributed by atoms with Gasteiger partial charge in [-0.3, -0.25) is 4.79 Å². The maximum Gasteiger partial charge on any atom is 0.303 e. The molecule has 0 bridgehead atoms. The van der Waals surface area contributed by atoms with Gasteiger partial charge >= 0.3 is 5.97 Å². The fraction of sp³-hybridized carbons (Fsp3) is 0.812. The third-order valence-corrected chi connectivity index (χ3v) is 5.70. The van der Waals surface area contributed by atoms with Crippen LogP contribution in [0.2, 0.25) is 0 Å². The first-order chi connectivity index (χ1) is 8.81. The van der Waals surface area contributed by atoms with Crippen molar-refractivity contribution in [3.8, 4) is 0 Å². The van der Waals surface area contributed by atoms with Crippen LogP contribution in [0.3, 0.4) is 0 Å². The summed E-state index contributed by atoms with van der Waals surface area (Å²) >= 11 is 0. The molecule has 0 amide bonds. The summed E-state index contributed by atoms with van der Waals surface area (Å²) in [6.45, 7) is 6.87. The molecule has 3 atom stereocenters. The molecule has 2 rings (SSSR count). The van der Waals surface area contributed by atoms with Crippen molar-refractivity contribution in [3.63, 3.8) is 0 Å². The maximum atomic E-state index is 11.2. The molecule has 0 spiro atoms. The second-order valence-electron chi connectivity index (χ2n) is 7.22. The van der Waals surface area contributed by atoms with Crippen LogP contribution in [0.4, 0.5) is 0 Å². The normalized spacial score (nSPS) is 37.4. The lowest BCUT2D eigenvalue weighted by molar-refractivity contribution is -0.141. The van der Waals surface area contributed by atoms with E-state index in [4.69, 9.17) is 0 Å². The van der Waals surface area contributed by atoms with Gasteiger partial charge in [-0.15, -0.1) is 0 Å². The molecule has 3 nitrogen and oxygen atoms in total. The molecule has 1 fully saturated rings. The summed E-state index contributed by atoms with van der Waals surface area (Å²) < 4.78 is 0. The van der Waals surface area contributed by atoms with Gasteiger partial charge in [0.1, 0.15) is 0 Å². The third kappa shape index (κ3) is 2.45. The Labute approximate surface area is 115 Å². The zero-order valence-electron chi connectivity index (χ0n) is 12.3. The Morgan fingerprint density at radius 1 is 1.37 bits per heavy atom. The molecule has 0 aromatic heterocycles. The summed E-state index contributed by atoms with van der Waals surface area (Å²) in [4.78, 5) is 11.2. The highest BCUT2D eigenvalue weighted by molar-refractivity contribution is 5.68. The fourth-order valence-electron chi connectivity index (χ4n) is 4.72. The first kappa shape index (κ1) is 14.6. The van der Waals surface area contributed by atoms with Gasteiger partial charge in [0.15, 0.2) is 0 Å². The molecule has 108 valence electrons. The lowest BCUT2D eigenvalue weighted by Gasteiger charge is -2.56. The SMILES string of the molecule is CC1(C)CCCC2(C)C(CC(=O)O)C(CO)=CCC12. The first-order valence-electron chi connectivity index (χ1n) is 7.33. The molecule has 0 radical (unpaired) electrons. The number of carboxylic acid groups (broad SMARTS) is 1. The predicted molar refractivity (Wildman–Crippen MR) is 74.8 cm³/mol. The summed E-state index contributed by atoms with van der Waals surface area (Å²) in [6, 6.07) is 0. The Kier molecular flexibility index (Phi) is 3.78. The zero-order chi connectivity index (χ0) is 14.3. The maximum absolute atomic E-state index is 11.2. The van der Waals surface area contributed by atoms with Gasteiger partial charge in [-0.1, -0.05) is 33.3 Å². The highest BCUT2D eigenvalue weighted by Gasteiger charge is 2.52. The van der Waals surface area contributed by atoms with Crippen LogP contribution in [0.1, 0.15) is 52.9 Å². The second kappa shape index (κ2) is 4.93. The van der Waals surface area contributed by atoms with Gasteiger partial charge < -0.3 is 10.2 Å². The van der Waals surface area contributed by atoms with Gasteiger partial charge in [0.25, 0.3) is 0 Å². The summed E-state index contributed by atoms with van der Waals surface area (Å²) in [5.74, 6) is -0.240. The van der Waals surface area contributed by atoms with E-state index in [0.717, 1.165) is 24.8 Å². The molecule has 19 heavy (non-hydrogen) atoms. The van der Waals surface area contributed by atoms with Crippen LogP contribution < -0.4 is 0 Å². The third-order valence-electron chi connectivity index (χ3n) is 5.70. The molecule has 0 saturated heterocycles. The Bertz CT molecular complexity index is 397. The van der Waals surface area contributed by atoms with Crippen molar-refractivity contribution in [1.29, 1.82) is 0 Å². The van der Waals surface area contributed by atoms with Crippen LogP contribution in [0, 0.1) is 22.7 Å². The number of aliphatic hydroxyl groups excluding tert-OH is 1. The number of aliphatic hydroxyl groups is 1. The molecule has 2 aliphatic carbocycles. The van der Waals surface area contributed by atoms with Crippen LogP contribution in [0.25, 0.3) is 0 Å². The number of allylic oxidation sites excluding steroid dienone is 1. The van der Waals surface area contributed by atoms with E-state index in [9.17, 15) is 15.0 Å². The Morgan fingerprint density at radius 2 is 2.05 bits per heavy atom. The standard InChI is InChI=1S/C16H26O3/c1-15(2)7-4-8-16(3)12(9-14(18)19)11(10-17)5-6-13(15)16/h5,12-13,17H,4,6-10H2,1-3H3,(H,18,19). The van der Waals surface area contributed by atoms with Gasteiger partial charge in [0.2, 0.25) is 0 Å². The van der Waals surface area contributed by atoms with E-state index >= 15 is 0 Å². The van der Waals surface area contributed by atoms with Crippen molar-refractivity contribution in [1.82, 2.24) is 0 Å². The van der Waals surface area contributed by atoms with E-state index < -0.39 is 5.97 Å². The largest absolute Gasteiger partial charge is 0.481 e. The molecule has 0 aromatic carbocycles. The van der Waals surface area contributed by atoms with E-state index in [2.05, 4.69) is 26.8 Å². The van der Waals surface area contributed by atoms with Crippen LogP contribution in [0.15, 0.2) is 11.6 Å². The van der Waals surface area contributed by atoms with Crippen LogP contribution in [-0.2, 0) is 4.79 Å². The zero-order valence-corrected chi connectivity index (χ0v) is 12.3. The van der Waals surface area contributed by atoms with Gasteiger partial charge in [-0.05, 0) is 47.5 Å². The summed E-state index contributed by atoms with van der Waals surface area (Å²) in [5.41, 5.74) is 1.23. The van der Waals surface area contributed by atoms with Crippen molar-refractivity contribution in [2.24, 2.45) is 22.7 Å². The lowest BCUT2D eigenvalue weighted by atomic mass is 9.48. The van der Waals surface area contributed by atoms with E-state index in [1.165, 1.54) is 6.42 Å². The molecule has 2 N–H and O–H groups in total. The number of fused-ring (bicyclic) bond motifs is 1. The van der Waals surface area contributed by atoms with Gasteiger partial charge in [-0.25, -0.2) is 0 Å². The summed E-state index contributed by atoms with van der Waals surface area (Å²) in [6.07, 6.45) is 6.69. The van der Waals surface area contributed by atoms with Crippen molar-refractivity contribution in [2.75, 3.05) is 6.61 Å². The highest BCUT2D eigenvalue weighted by Crippen LogP contribution is 2.60. The average molecular weight is 266 g/mol. The molecular weight excluding hydrogens is 240 g/mol. The minimum Gasteiger partial charge on any atom is -0.481 e. The lowest BCUT2D eigenvalue weighted by Crippen LogP contribution is -2.49. The Hall–Kier alpha value is -0.830. The first-order valence-corrected chi connectivity index (χ1v) is 7.33. The van der Waals surface area contributed by atoms with Crippen LogP contribution >= 0.6 is 0 Å². The average Bonchev–Trinajstić information content (AvgIpc) is 2.29.